The summed E-state index contributed by atoms with van der Waals surface area (Å²) < 4.78 is 13.3. The molecule has 2 fully saturated rings. The van der Waals surface area contributed by atoms with Crippen LogP contribution in [0.15, 0.2) is 67.0 Å². The Morgan fingerprint density at radius 2 is 1.77 bits per heavy atom. The maximum absolute atomic E-state index is 11.5. The van der Waals surface area contributed by atoms with E-state index in [2.05, 4.69) is 52.0 Å². The van der Waals surface area contributed by atoms with Crippen molar-refractivity contribution in [2.75, 3.05) is 26.8 Å². The maximum Gasteiger partial charge on any atom is 0.220 e. The Balaban J connectivity index is 1.12. The molecule has 5 aromatic rings. The number of carbonyl (C=O) groups excluding carboxylic acids is 1. The van der Waals surface area contributed by atoms with Crippen molar-refractivity contribution >= 4 is 40.0 Å². The van der Waals surface area contributed by atoms with Crippen molar-refractivity contribution in [1.29, 1.82) is 0 Å². The number of nitrogens with one attached hydrogen (secondary N) is 3. The summed E-state index contributed by atoms with van der Waals surface area (Å²) in [5.41, 5.74) is 7.92. The van der Waals surface area contributed by atoms with Crippen molar-refractivity contribution in [2.24, 2.45) is 7.05 Å². The molecule has 9 nitrogen and oxygen atoms in total. The number of ether oxygens (including phenoxy) is 2. The van der Waals surface area contributed by atoms with Crippen LogP contribution in [0.4, 0.5) is 0 Å². The number of amides is 1. The van der Waals surface area contributed by atoms with Gasteiger partial charge in [0, 0.05) is 103 Å². The van der Waals surface area contributed by atoms with Crippen molar-refractivity contribution in [3.05, 3.63) is 88.2 Å². The van der Waals surface area contributed by atoms with E-state index in [1.54, 1.807) is 13.3 Å². The van der Waals surface area contributed by atoms with Crippen molar-refractivity contribution < 1.29 is 14.3 Å². The number of aromatic nitrogens is 3. The molecule has 248 valence electrons. The molecule has 0 unspecified atom stereocenters. The largest absolute Gasteiger partial charge is 0.481 e. The SMILES string of the molecule is COc1nc(-c2cccc(-c3ccnc(-c4ccc5c(CNC[C@@H]6CCO6)cn(C)c5c4)c3Cl)c2Cl)ccc1CNC[C@@H]1CCC(=O)N1. The number of nitrogens with zero attached hydrogens (tertiary/aromatic N) is 3. The average molecular weight is 686 g/mol. The number of hydrogen-bond donors (Lipinski definition) is 3. The zero-order valence-corrected chi connectivity index (χ0v) is 28.5. The first-order chi connectivity index (χ1) is 23.4. The summed E-state index contributed by atoms with van der Waals surface area (Å²) in [5.74, 6) is 0.624. The minimum Gasteiger partial charge on any atom is -0.481 e. The summed E-state index contributed by atoms with van der Waals surface area (Å²) in [6.07, 6.45) is 6.81. The molecule has 11 heteroatoms. The predicted octanol–water partition coefficient (Wildman–Crippen LogP) is 6.53. The van der Waals surface area contributed by atoms with Crippen LogP contribution in [0.25, 0.3) is 44.5 Å². The van der Waals surface area contributed by atoms with Gasteiger partial charge in [-0.1, -0.05) is 59.6 Å². The minimum atomic E-state index is 0.107. The van der Waals surface area contributed by atoms with E-state index >= 15 is 0 Å². The standard InChI is InChI=1S/C37H38Cl2N6O3/c1-45-21-24(18-41-20-26-13-15-48-26)27-9-6-22(16-32(27)45)36-35(39)29(12-14-42-36)28-4-3-5-30(34(28)38)31-10-7-23(37(44-31)47-2)17-40-19-25-8-11-33(46)43-25/h3-7,9-10,12,14,16,21,25-26,40-41H,8,11,13,15,17-20H2,1-2H3,(H,43,46)/t25-,26-/m0/s1. The van der Waals surface area contributed by atoms with E-state index < -0.39 is 0 Å². The molecular formula is C37H38Cl2N6O3. The third kappa shape index (κ3) is 6.66. The third-order valence-electron chi connectivity index (χ3n) is 9.21. The molecule has 1 amide bonds. The Morgan fingerprint density at radius 1 is 0.979 bits per heavy atom. The second-order valence-corrected chi connectivity index (χ2v) is 13.2. The molecule has 2 aromatic carbocycles. The summed E-state index contributed by atoms with van der Waals surface area (Å²) in [6.45, 7) is 3.76. The summed E-state index contributed by atoms with van der Waals surface area (Å²) in [4.78, 5) is 21.0. The van der Waals surface area contributed by atoms with Gasteiger partial charge in [-0.05, 0) is 36.6 Å². The van der Waals surface area contributed by atoms with Crippen LogP contribution in [0.3, 0.4) is 0 Å². The number of hydrogen-bond acceptors (Lipinski definition) is 7. The molecule has 0 saturated carbocycles. The molecule has 5 heterocycles. The number of rotatable bonds is 12. The number of benzene rings is 2. The van der Waals surface area contributed by atoms with Gasteiger partial charge in [-0.3, -0.25) is 9.78 Å². The Bertz CT molecular complexity index is 1970. The van der Waals surface area contributed by atoms with Gasteiger partial charge in [-0.25, -0.2) is 4.98 Å². The van der Waals surface area contributed by atoms with E-state index in [4.69, 9.17) is 42.6 Å². The lowest BCUT2D eigenvalue weighted by molar-refractivity contribution is -0.119. The lowest BCUT2D eigenvalue weighted by atomic mass is 9.99. The smallest absolute Gasteiger partial charge is 0.220 e. The molecule has 3 N–H and O–H groups in total. The summed E-state index contributed by atoms with van der Waals surface area (Å²) in [6, 6.07) is 18.2. The van der Waals surface area contributed by atoms with E-state index in [9.17, 15) is 4.79 Å². The summed E-state index contributed by atoms with van der Waals surface area (Å²) >= 11 is 14.2. The molecule has 7 rings (SSSR count). The van der Waals surface area contributed by atoms with Crippen molar-refractivity contribution in [3.63, 3.8) is 0 Å². The van der Waals surface area contributed by atoms with Crippen molar-refractivity contribution in [2.45, 2.75) is 44.5 Å². The van der Waals surface area contributed by atoms with E-state index in [1.165, 1.54) is 10.9 Å². The monoisotopic (exact) mass is 684 g/mol. The Labute approximate surface area is 290 Å². The van der Waals surface area contributed by atoms with E-state index in [0.29, 0.717) is 52.9 Å². The lowest BCUT2D eigenvalue weighted by Crippen LogP contribution is -2.36. The number of aryl methyl sites for hydroxylation is 1. The number of carbonyl (C=O) groups is 1. The Morgan fingerprint density at radius 3 is 2.54 bits per heavy atom. The molecule has 0 bridgehead atoms. The van der Waals surface area contributed by atoms with Crippen molar-refractivity contribution in [1.82, 2.24) is 30.5 Å². The Hall–Kier alpha value is -3.99. The van der Waals surface area contributed by atoms with Gasteiger partial charge in [0.25, 0.3) is 0 Å². The second kappa shape index (κ2) is 14.2. The van der Waals surface area contributed by atoms with E-state index in [0.717, 1.165) is 65.9 Å². The van der Waals surface area contributed by atoms with Crippen LogP contribution in [-0.4, -0.2) is 59.4 Å². The van der Waals surface area contributed by atoms with Crippen LogP contribution >= 0.6 is 23.2 Å². The quantitative estimate of drug-likeness (QED) is 0.137. The van der Waals surface area contributed by atoms with Crippen LogP contribution in [0.2, 0.25) is 10.0 Å². The third-order valence-corrected chi connectivity index (χ3v) is 9.99. The summed E-state index contributed by atoms with van der Waals surface area (Å²) in [5, 5.41) is 12.2. The fourth-order valence-electron chi connectivity index (χ4n) is 6.50. The molecular weight excluding hydrogens is 647 g/mol. The van der Waals surface area contributed by atoms with Gasteiger partial charge in [-0.2, -0.15) is 0 Å². The fraction of sp³-hybridized carbons (Fsp3) is 0.324. The summed E-state index contributed by atoms with van der Waals surface area (Å²) in [7, 11) is 3.67. The topological polar surface area (TPSA) is 102 Å². The van der Waals surface area contributed by atoms with Crippen LogP contribution in [-0.2, 0) is 29.7 Å². The first-order valence-electron chi connectivity index (χ1n) is 16.3. The molecule has 3 aromatic heterocycles. The zero-order chi connectivity index (χ0) is 33.2. The van der Waals surface area contributed by atoms with Crippen LogP contribution in [0.1, 0.15) is 30.4 Å². The van der Waals surface area contributed by atoms with Gasteiger partial charge in [0.05, 0.1) is 34.6 Å². The van der Waals surface area contributed by atoms with Gasteiger partial charge in [0.15, 0.2) is 0 Å². The number of pyridine rings is 2. The molecule has 0 aliphatic carbocycles. The molecule has 2 aliphatic heterocycles. The number of methoxy groups -OCH3 is 1. The molecule has 2 atom stereocenters. The first-order valence-corrected chi connectivity index (χ1v) is 17.0. The first kappa shape index (κ1) is 32.6. The van der Waals surface area contributed by atoms with Crippen molar-refractivity contribution in [3.8, 4) is 39.5 Å². The highest BCUT2D eigenvalue weighted by atomic mass is 35.5. The molecule has 2 aliphatic rings. The van der Waals surface area contributed by atoms with Crippen LogP contribution in [0.5, 0.6) is 5.88 Å². The highest BCUT2D eigenvalue weighted by Crippen LogP contribution is 2.42. The second-order valence-electron chi connectivity index (χ2n) is 12.4. The zero-order valence-electron chi connectivity index (χ0n) is 27.0. The molecule has 48 heavy (non-hydrogen) atoms. The van der Waals surface area contributed by atoms with Gasteiger partial charge >= 0.3 is 0 Å². The lowest BCUT2D eigenvalue weighted by Gasteiger charge is -2.26. The van der Waals surface area contributed by atoms with Crippen LogP contribution < -0.4 is 20.7 Å². The average Bonchev–Trinajstić information content (AvgIpc) is 3.64. The van der Waals surface area contributed by atoms with Crippen LogP contribution in [0, 0.1) is 0 Å². The van der Waals surface area contributed by atoms with Gasteiger partial charge in [0.2, 0.25) is 11.8 Å². The number of halogens is 2. The number of fused-ring (bicyclic) bond motifs is 1. The van der Waals surface area contributed by atoms with E-state index in [1.807, 2.05) is 36.4 Å². The fourth-order valence-corrected chi connectivity index (χ4v) is 7.15. The minimum absolute atomic E-state index is 0.107. The predicted molar refractivity (Wildman–Crippen MR) is 190 cm³/mol. The Kier molecular flexibility index (Phi) is 9.66. The molecule has 0 radical (unpaired) electrons. The van der Waals surface area contributed by atoms with Gasteiger partial charge < -0.3 is 30.0 Å². The molecule has 2 saturated heterocycles. The normalized spacial score (nSPS) is 17.5. The van der Waals surface area contributed by atoms with Gasteiger partial charge in [0.1, 0.15) is 0 Å². The van der Waals surface area contributed by atoms with E-state index in [-0.39, 0.29) is 11.9 Å². The van der Waals surface area contributed by atoms with Gasteiger partial charge in [-0.15, -0.1) is 0 Å². The molecule has 0 spiro atoms. The highest BCUT2D eigenvalue weighted by molar-refractivity contribution is 6.39. The highest BCUT2D eigenvalue weighted by Gasteiger charge is 2.22. The maximum atomic E-state index is 11.5.